The molecule has 2 aromatic rings. The molecule has 0 bridgehead atoms. The van der Waals surface area contributed by atoms with Crippen LogP contribution in [0.1, 0.15) is 12.5 Å². The van der Waals surface area contributed by atoms with E-state index in [1.807, 2.05) is 19.1 Å². The van der Waals surface area contributed by atoms with Crippen molar-refractivity contribution in [3.63, 3.8) is 0 Å². The average Bonchev–Trinajstić information content (AvgIpc) is 2.56. The number of nitro groups is 1. The minimum atomic E-state index is -0.755. The minimum absolute atomic E-state index is 0.0687. The molecule has 1 aromatic carbocycles. The number of pyridine rings is 1. The molecule has 7 nitrogen and oxygen atoms in total. The highest BCUT2D eigenvalue weighted by molar-refractivity contribution is 5.46. The summed E-state index contributed by atoms with van der Waals surface area (Å²) in [6.45, 7) is 2.15. The van der Waals surface area contributed by atoms with Gasteiger partial charge in [0.05, 0.1) is 11.5 Å². The zero-order valence-corrected chi connectivity index (χ0v) is 13.2. The van der Waals surface area contributed by atoms with E-state index in [4.69, 9.17) is 14.2 Å². The largest absolute Gasteiger partial charge is 0.433 e. The Morgan fingerprint density at radius 3 is 2.61 bits per heavy atom. The van der Waals surface area contributed by atoms with E-state index < -0.39 is 10.5 Å². The highest BCUT2D eigenvalue weighted by atomic mass is 16.6. The van der Waals surface area contributed by atoms with Gasteiger partial charge in [-0.3, -0.25) is 10.1 Å². The van der Waals surface area contributed by atoms with Gasteiger partial charge in [0.1, 0.15) is 11.4 Å². The minimum Gasteiger partial charge on any atom is -0.433 e. The maximum absolute atomic E-state index is 11.1. The number of ether oxygens (including phenoxy) is 3. The molecule has 23 heavy (non-hydrogen) atoms. The van der Waals surface area contributed by atoms with Crippen LogP contribution in [-0.2, 0) is 15.1 Å². The summed E-state index contributed by atoms with van der Waals surface area (Å²) in [5.74, 6) is 0.358. The molecule has 1 heterocycles. The Kier molecular flexibility index (Phi) is 5.25. The van der Waals surface area contributed by atoms with Crippen LogP contribution < -0.4 is 4.74 Å². The number of rotatable bonds is 7. The van der Waals surface area contributed by atoms with E-state index in [2.05, 4.69) is 4.98 Å². The molecule has 7 heteroatoms. The predicted molar refractivity (Wildman–Crippen MR) is 83.6 cm³/mol. The third-order valence-corrected chi connectivity index (χ3v) is 3.48. The topological polar surface area (TPSA) is 83.7 Å². The van der Waals surface area contributed by atoms with Gasteiger partial charge in [-0.2, -0.15) is 0 Å². The molecule has 0 spiro atoms. The van der Waals surface area contributed by atoms with Gasteiger partial charge >= 0.3 is 5.69 Å². The van der Waals surface area contributed by atoms with Crippen LogP contribution in [-0.4, -0.2) is 30.7 Å². The van der Waals surface area contributed by atoms with E-state index in [0.717, 1.165) is 0 Å². The summed E-state index contributed by atoms with van der Waals surface area (Å²) in [7, 11) is 3.14. The summed E-state index contributed by atoms with van der Waals surface area (Å²) < 4.78 is 16.5. The third kappa shape index (κ3) is 3.64. The lowest BCUT2D eigenvalue weighted by atomic mass is 9.95. The maximum Gasteiger partial charge on any atom is 0.331 e. The van der Waals surface area contributed by atoms with Crippen molar-refractivity contribution in [2.45, 2.75) is 12.5 Å². The van der Waals surface area contributed by atoms with Crippen LogP contribution in [0.15, 0.2) is 42.6 Å². The molecule has 0 radical (unpaired) electrons. The van der Waals surface area contributed by atoms with Crippen molar-refractivity contribution in [2.24, 2.45) is 0 Å². The van der Waals surface area contributed by atoms with Crippen LogP contribution in [0.25, 0.3) is 0 Å². The fraction of sp³-hybridized carbons (Fsp3) is 0.312. The zero-order chi connectivity index (χ0) is 16.9. The van der Waals surface area contributed by atoms with Crippen molar-refractivity contribution in [2.75, 3.05) is 20.8 Å². The second-order valence-electron chi connectivity index (χ2n) is 5.05. The van der Waals surface area contributed by atoms with E-state index in [0.29, 0.717) is 17.9 Å². The van der Waals surface area contributed by atoms with Crippen LogP contribution in [0.4, 0.5) is 5.69 Å². The summed E-state index contributed by atoms with van der Waals surface area (Å²) in [5, 5.41) is 11.1. The van der Waals surface area contributed by atoms with Crippen LogP contribution in [0.3, 0.4) is 0 Å². The number of benzene rings is 1. The molecule has 122 valence electrons. The van der Waals surface area contributed by atoms with E-state index in [-0.39, 0.29) is 11.6 Å². The van der Waals surface area contributed by atoms with Crippen molar-refractivity contribution in [1.82, 2.24) is 4.98 Å². The molecule has 0 fully saturated rings. The number of methoxy groups -OCH3 is 2. The van der Waals surface area contributed by atoms with Crippen LogP contribution >= 0.6 is 0 Å². The number of nitrogens with zero attached hydrogens (tertiary/aromatic N) is 2. The average molecular weight is 318 g/mol. The standard InChI is InChI=1S/C16H18N2O5/c1-16(22-3,11-21-2)12-7-4-5-9-14(12)23-15-13(18(19)20)8-6-10-17-15/h4-10H,11H2,1-3H3. The van der Waals surface area contributed by atoms with Gasteiger partial charge in [-0.05, 0) is 19.1 Å². The molecule has 0 saturated carbocycles. The normalized spacial score (nSPS) is 13.3. The Morgan fingerprint density at radius 2 is 1.96 bits per heavy atom. The fourth-order valence-corrected chi connectivity index (χ4v) is 2.22. The maximum atomic E-state index is 11.1. The molecule has 0 aliphatic rings. The Morgan fingerprint density at radius 1 is 1.22 bits per heavy atom. The van der Waals surface area contributed by atoms with E-state index in [9.17, 15) is 10.1 Å². The Hall–Kier alpha value is -2.51. The molecule has 1 aromatic heterocycles. The highest BCUT2D eigenvalue weighted by Gasteiger charge is 2.30. The second-order valence-corrected chi connectivity index (χ2v) is 5.05. The lowest BCUT2D eigenvalue weighted by Gasteiger charge is -2.29. The summed E-state index contributed by atoms with van der Waals surface area (Å²) >= 11 is 0. The first-order valence-corrected chi connectivity index (χ1v) is 6.92. The second kappa shape index (κ2) is 7.17. The SMILES string of the molecule is COCC(C)(OC)c1ccccc1Oc1ncccc1[N+](=O)[O-]. The Bertz CT molecular complexity index is 692. The molecule has 0 amide bonds. The van der Waals surface area contributed by atoms with Gasteiger partial charge in [0.15, 0.2) is 0 Å². The lowest BCUT2D eigenvalue weighted by molar-refractivity contribution is -0.386. The van der Waals surface area contributed by atoms with E-state index >= 15 is 0 Å². The first-order valence-electron chi connectivity index (χ1n) is 6.92. The van der Waals surface area contributed by atoms with Gasteiger partial charge in [0.2, 0.25) is 0 Å². The van der Waals surface area contributed by atoms with Gasteiger partial charge in [0, 0.05) is 32.0 Å². The first-order chi connectivity index (χ1) is 11.0. The van der Waals surface area contributed by atoms with E-state index in [1.165, 1.54) is 18.3 Å². The Labute approximate surface area is 134 Å². The van der Waals surface area contributed by atoms with Crippen LogP contribution in [0.2, 0.25) is 0 Å². The monoisotopic (exact) mass is 318 g/mol. The molecule has 0 saturated heterocycles. The summed E-state index contributed by atoms with van der Waals surface area (Å²) in [6, 6.07) is 9.97. The quantitative estimate of drug-likeness (QED) is 0.575. The number of hydrogen-bond acceptors (Lipinski definition) is 6. The van der Waals surface area contributed by atoms with Crippen molar-refractivity contribution >= 4 is 5.69 Å². The van der Waals surface area contributed by atoms with Crippen molar-refractivity contribution in [3.8, 4) is 11.6 Å². The number of hydrogen-bond donors (Lipinski definition) is 0. The molecule has 0 aliphatic carbocycles. The number of aromatic nitrogens is 1. The molecule has 1 atom stereocenters. The lowest BCUT2D eigenvalue weighted by Crippen LogP contribution is -2.30. The molecule has 1 unspecified atom stereocenters. The van der Waals surface area contributed by atoms with Gasteiger partial charge in [-0.15, -0.1) is 0 Å². The van der Waals surface area contributed by atoms with Gasteiger partial charge in [-0.25, -0.2) is 4.98 Å². The zero-order valence-electron chi connectivity index (χ0n) is 13.2. The number of para-hydroxylation sites is 1. The van der Waals surface area contributed by atoms with Crippen LogP contribution in [0.5, 0.6) is 11.6 Å². The summed E-state index contributed by atoms with van der Waals surface area (Å²) in [4.78, 5) is 14.5. The smallest absolute Gasteiger partial charge is 0.331 e. The highest BCUT2D eigenvalue weighted by Crippen LogP contribution is 2.37. The van der Waals surface area contributed by atoms with Gasteiger partial charge in [-0.1, -0.05) is 18.2 Å². The van der Waals surface area contributed by atoms with Crippen molar-refractivity contribution < 1.29 is 19.1 Å². The predicted octanol–water partition coefficient (Wildman–Crippen LogP) is 3.29. The summed E-state index contributed by atoms with van der Waals surface area (Å²) in [6.07, 6.45) is 1.44. The molecule has 2 rings (SSSR count). The van der Waals surface area contributed by atoms with E-state index in [1.54, 1.807) is 26.4 Å². The van der Waals surface area contributed by atoms with Crippen LogP contribution in [0, 0.1) is 10.1 Å². The van der Waals surface area contributed by atoms with Crippen molar-refractivity contribution in [1.29, 1.82) is 0 Å². The van der Waals surface area contributed by atoms with Crippen molar-refractivity contribution in [3.05, 3.63) is 58.3 Å². The fourth-order valence-electron chi connectivity index (χ4n) is 2.22. The molecule has 0 N–H and O–H groups in total. The third-order valence-electron chi connectivity index (χ3n) is 3.48. The van der Waals surface area contributed by atoms with Gasteiger partial charge < -0.3 is 14.2 Å². The summed E-state index contributed by atoms with van der Waals surface area (Å²) in [5.41, 5.74) is -0.244. The molecular formula is C16H18N2O5. The Balaban J connectivity index is 2.45. The van der Waals surface area contributed by atoms with Gasteiger partial charge in [0.25, 0.3) is 5.88 Å². The molecule has 0 aliphatic heterocycles. The first kappa shape index (κ1) is 16.9. The molecular weight excluding hydrogens is 300 g/mol.